The van der Waals surface area contributed by atoms with Gasteiger partial charge in [-0.15, -0.1) is 0 Å². The Bertz CT molecular complexity index is 558. The van der Waals surface area contributed by atoms with Crippen molar-refractivity contribution in [3.63, 3.8) is 0 Å². The molecule has 0 aromatic carbocycles. The molecular formula is C22H33I. The molecule has 2 saturated carbocycles. The summed E-state index contributed by atoms with van der Waals surface area (Å²) in [5.41, 5.74) is 4.43. The lowest BCUT2D eigenvalue weighted by molar-refractivity contribution is -0.0158. The van der Waals surface area contributed by atoms with Gasteiger partial charge in [-0.25, -0.2) is 0 Å². The van der Waals surface area contributed by atoms with Gasteiger partial charge in [0, 0.05) is 3.92 Å². The van der Waals surface area contributed by atoms with Crippen LogP contribution in [0.1, 0.15) is 72.6 Å². The van der Waals surface area contributed by atoms with Gasteiger partial charge in [0.05, 0.1) is 0 Å². The van der Waals surface area contributed by atoms with Crippen LogP contribution in [0, 0.1) is 34.5 Å². The molecule has 0 heterocycles. The van der Waals surface area contributed by atoms with Crippen molar-refractivity contribution in [2.45, 2.75) is 76.6 Å². The monoisotopic (exact) mass is 424 g/mol. The fraction of sp³-hybridized carbons (Fsp3) is 0.818. The summed E-state index contributed by atoms with van der Waals surface area (Å²) in [6.45, 7) is 10.1. The van der Waals surface area contributed by atoms with E-state index >= 15 is 0 Å². The maximum Gasteiger partial charge on any atom is 0.0153 e. The molecule has 128 valence electrons. The molecule has 4 rings (SSSR count). The van der Waals surface area contributed by atoms with Crippen molar-refractivity contribution in [1.29, 1.82) is 0 Å². The van der Waals surface area contributed by atoms with Gasteiger partial charge in [0.1, 0.15) is 0 Å². The van der Waals surface area contributed by atoms with Gasteiger partial charge in [-0.1, -0.05) is 67.5 Å². The van der Waals surface area contributed by atoms with Crippen molar-refractivity contribution in [1.82, 2.24) is 0 Å². The smallest absolute Gasteiger partial charge is 0.0153 e. The van der Waals surface area contributed by atoms with E-state index in [9.17, 15) is 0 Å². The van der Waals surface area contributed by atoms with E-state index in [0.29, 0.717) is 10.8 Å². The summed E-state index contributed by atoms with van der Waals surface area (Å²) in [6.07, 6.45) is 15.3. The van der Waals surface area contributed by atoms with Crippen molar-refractivity contribution in [2.75, 3.05) is 0 Å². The van der Waals surface area contributed by atoms with Gasteiger partial charge in [0.15, 0.2) is 0 Å². The lowest BCUT2D eigenvalue weighted by Gasteiger charge is -2.57. The second-order valence-corrected chi connectivity index (χ2v) is 11.2. The average Bonchev–Trinajstić information content (AvgIpc) is 2.83. The van der Waals surface area contributed by atoms with Crippen molar-refractivity contribution >= 4 is 22.6 Å². The minimum absolute atomic E-state index is 0.458. The molecule has 23 heavy (non-hydrogen) atoms. The molecular weight excluding hydrogens is 391 g/mol. The molecule has 0 nitrogen and oxygen atoms in total. The Labute approximate surface area is 156 Å². The Morgan fingerprint density at radius 1 is 1.17 bits per heavy atom. The number of alkyl halides is 1. The van der Waals surface area contributed by atoms with Crippen LogP contribution in [0.25, 0.3) is 0 Å². The highest BCUT2D eigenvalue weighted by Crippen LogP contribution is 2.66. The number of allylic oxidation sites excluding steroid dienone is 4. The molecule has 0 aromatic rings. The van der Waals surface area contributed by atoms with Crippen LogP contribution in [0.15, 0.2) is 23.3 Å². The maximum absolute atomic E-state index is 2.73. The zero-order chi connectivity index (χ0) is 16.4. The molecule has 7 atom stereocenters. The summed E-state index contributed by atoms with van der Waals surface area (Å²) in [5, 5.41) is 0. The van der Waals surface area contributed by atoms with E-state index in [1.165, 1.54) is 44.9 Å². The summed E-state index contributed by atoms with van der Waals surface area (Å²) >= 11 is 2.71. The van der Waals surface area contributed by atoms with Crippen LogP contribution in [-0.4, -0.2) is 3.92 Å². The maximum atomic E-state index is 2.73. The second-order valence-electron chi connectivity index (χ2n) is 9.44. The molecule has 0 unspecified atom stereocenters. The van der Waals surface area contributed by atoms with Gasteiger partial charge < -0.3 is 0 Å². The van der Waals surface area contributed by atoms with Gasteiger partial charge >= 0.3 is 0 Å². The third-order valence-corrected chi connectivity index (χ3v) is 9.49. The molecule has 1 heteroatoms. The SMILES string of the molecule is CC[C@H]1CC[C@H]2[C@@H]3C=C(C)C4=CC[C@H](I)C[C@]4(C)[C@H]3CC[C@]12C. The normalized spacial score (nSPS) is 52.1. The molecule has 0 bridgehead atoms. The number of rotatable bonds is 1. The first-order chi connectivity index (χ1) is 10.9. The van der Waals surface area contributed by atoms with Gasteiger partial charge in [0.25, 0.3) is 0 Å². The molecule has 0 N–H and O–H groups in total. The fourth-order valence-corrected chi connectivity index (χ4v) is 8.59. The molecule has 4 aliphatic carbocycles. The fourth-order valence-electron chi connectivity index (χ4n) is 7.42. The van der Waals surface area contributed by atoms with E-state index in [-0.39, 0.29) is 0 Å². The summed E-state index contributed by atoms with van der Waals surface area (Å²) in [6, 6.07) is 0. The summed E-state index contributed by atoms with van der Waals surface area (Å²) in [4.78, 5) is 0. The van der Waals surface area contributed by atoms with Crippen LogP contribution in [0.5, 0.6) is 0 Å². The van der Waals surface area contributed by atoms with Gasteiger partial charge in [0.2, 0.25) is 0 Å². The average molecular weight is 424 g/mol. The van der Waals surface area contributed by atoms with Crippen molar-refractivity contribution in [3.8, 4) is 0 Å². The van der Waals surface area contributed by atoms with Gasteiger partial charge in [-0.3, -0.25) is 0 Å². The number of halogens is 1. The topological polar surface area (TPSA) is 0 Å². The highest BCUT2D eigenvalue weighted by atomic mass is 127. The van der Waals surface area contributed by atoms with E-state index in [2.05, 4.69) is 62.4 Å². The van der Waals surface area contributed by atoms with E-state index < -0.39 is 0 Å². The molecule has 2 fully saturated rings. The van der Waals surface area contributed by atoms with E-state index in [4.69, 9.17) is 0 Å². The van der Waals surface area contributed by atoms with E-state index in [1.807, 2.05) is 0 Å². The third-order valence-electron chi connectivity index (χ3n) is 8.55. The lowest BCUT2D eigenvalue weighted by atomic mass is 9.47. The van der Waals surface area contributed by atoms with E-state index in [1.54, 1.807) is 11.1 Å². The number of hydrogen-bond donors (Lipinski definition) is 0. The van der Waals surface area contributed by atoms with Crippen molar-refractivity contribution < 1.29 is 0 Å². The first-order valence-corrected chi connectivity index (χ1v) is 11.2. The molecule has 0 aromatic heterocycles. The summed E-state index contributed by atoms with van der Waals surface area (Å²) < 4.78 is 0.841. The highest BCUT2D eigenvalue weighted by Gasteiger charge is 2.58. The quantitative estimate of drug-likeness (QED) is 0.316. The van der Waals surface area contributed by atoms with Crippen LogP contribution in [0.2, 0.25) is 0 Å². The van der Waals surface area contributed by atoms with Crippen molar-refractivity contribution in [3.05, 3.63) is 23.3 Å². The number of hydrogen-bond acceptors (Lipinski definition) is 0. The van der Waals surface area contributed by atoms with E-state index in [0.717, 1.165) is 27.6 Å². The van der Waals surface area contributed by atoms with Crippen LogP contribution < -0.4 is 0 Å². The van der Waals surface area contributed by atoms with Crippen LogP contribution in [-0.2, 0) is 0 Å². The Balaban J connectivity index is 1.76. The third kappa shape index (κ3) is 2.27. The Morgan fingerprint density at radius 2 is 1.96 bits per heavy atom. The van der Waals surface area contributed by atoms with Gasteiger partial charge in [-0.2, -0.15) is 0 Å². The van der Waals surface area contributed by atoms with Crippen LogP contribution in [0.3, 0.4) is 0 Å². The highest BCUT2D eigenvalue weighted by molar-refractivity contribution is 14.1. The first-order valence-electron chi connectivity index (χ1n) is 9.93. The minimum Gasteiger partial charge on any atom is -0.0823 e. The molecule has 0 radical (unpaired) electrons. The second kappa shape index (κ2) is 5.61. The molecule has 0 saturated heterocycles. The molecule has 0 spiro atoms. The predicted octanol–water partition coefficient (Wildman–Crippen LogP) is 6.95. The molecule has 0 amide bonds. The number of fused-ring (bicyclic) bond motifs is 5. The minimum atomic E-state index is 0.458. The Hall–Kier alpha value is 0.210. The first kappa shape index (κ1) is 16.7. The molecule has 4 aliphatic rings. The van der Waals surface area contributed by atoms with Gasteiger partial charge in [-0.05, 0) is 85.5 Å². The van der Waals surface area contributed by atoms with Crippen molar-refractivity contribution in [2.24, 2.45) is 34.5 Å². The zero-order valence-corrected chi connectivity index (χ0v) is 17.5. The predicted molar refractivity (Wildman–Crippen MR) is 108 cm³/mol. The molecule has 0 aliphatic heterocycles. The Kier molecular flexibility index (Phi) is 4.06. The zero-order valence-electron chi connectivity index (χ0n) is 15.4. The summed E-state index contributed by atoms with van der Waals surface area (Å²) in [7, 11) is 0. The largest absolute Gasteiger partial charge is 0.0823 e. The summed E-state index contributed by atoms with van der Waals surface area (Å²) in [5.74, 6) is 3.70. The van der Waals surface area contributed by atoms with Crippen LogP contribution >= 0.6 is 22.6 Å². The van der Waals surface area contributed by atoms with Crippen LogP contribution in [0.4, 0.5) is 0 Å². The standard InChI is InChI=1S/C22H33I/c1-5-15-6-8-19-17-12-14(2)18-9-7-16(23)13-22(18,4)20(17)10-11-21(15,19)3/h9,12,15-17,19-20H,5-8,10-11,13H2,1-4H3/t15-,16-,17-,19-,20-,21+,22-/m0/s1. The Morgan fingerprint density at radius 3 is 2.70 bits per heavy atom. The lowest BCUT2D eigenvalue weighted by Crippen LogP contribution is -2.50.